The Balaban J connectivity index is 1.75. The average Bonchev–Trinajstić information content (AvgIpc) is 2.46. The van der Waals surface area contributed by atoms with Gasteiger partial charge in [0.05, 0.1) is 5.92 Å². The molecule has 2 N–H and O–H groups in total. The Morgan fingerprint density at radius 3 is 2.70 bits per heavy atom. The van der Waals surface area contributed by atoms with E-state index < -0.39 is 12.1 Å². The fraction of sp³-hybridized carbons (Fsp3) is 0.467. The van der Waals surface area contributed by atoms with Crippen LogP contribution in [0.3, 0.4) is 0 Å². The monoisotopic (exact) mass is 277 g/mol. The Morgan fingerprint density at radius 2 is 2.00 bits per heavy atom. The maximum absolute atomic E-state index is 11.7. The van der Waals surface area contributed by atoms with Crippen LogP contribution in [0.25, 0.3) is 0 Å². The second kappa shape index (κ2) is 6.93. The largest absolute Gasteiger partial charge is 0.481 e. The molecule has 0 aliphatic heterocycles. The lowest BCUT2D eigenvalue weighted by atomic mass is 9.86. The van der Waals surface area contributed by atoms with Gasteiger partial charge in [0, 0.05) is 6.04 Å². The highest BCUT2D eigenvalue weighted by Crippen LogP contribution is 2.24. The van der Waals surface area contributed by atoms with Gasteiger partial charge in [-0.1, -0.05) is 36.8 Å². The van der Waals surface area contributed by atoms with E-state index in [0.717, 1.165) is 18.4 Å². The van der Waals surface area contributed by atoms with E-state index in [4.69, 9.17) is 9.84 Å². The molecule has 1 aliphatic carbocycles. The number of hydrogen-bond acceptors (Lipinski definition) is 3. The van der Waals surface area contributed by atoms with Gasteiger partial charge in [0.2, 0.25) is 0 Å². The van der Waals surface area contributed by atoms with Crippen molar-refractivity contribution in [1.29, 1.82) is 0 Å². The minimum absolute atomic E-state index is 0.104. The van der Waals surface area contributed by atoms with Gasteiger partial charge in [0.15, 0.2) is 0 Å². The molecule has 5 nitrogen and oxygen atoms in total. The molecule has 1 saturated carbocycles. The summed E-state index contributed by atoms with van der Waals surface area (Å²) in [6.07, 6.45) is 2.32. The molecule has 20 heavy (non-hydrogen) atoms. The molecule has 2 atom stereocenters. The molecule has 5 heteroatoms. The second-order valence-corrected chi connectivity index (χ2v) is 5.10. The first-order chi connectivity index (χ1) is 9.65. The predicted molar refractivity (Wildman–Crippen MR) is 73.1 cm³/mol. The number of carboxylic acids is 1. The molecule has 0 heterocycles. The number of hydrogen-bond donors (Lipinski definition) is 2. The van der Waals surface area contributed by atoms with Gasteiger partial charge in [-0.3, -0.25) is 4.79 Å². The highest BCUT2D eigenvalue weighted by atomic mass is 16.5. The van der Waals surface area contributed by atoms with Crippen molar-refractivity contribution >= 4 is 12.1 Å². The van der Waals surface area contributed by atoms with E-state index in [1.54, 1.807) is 0 Å². The molecule has 2 rings (SSSR count). The van der Waals surface area contributed by atoms with E-state index in [2.05, 4.69) is 5.32 Å². The van der Waals surface area contributed by atoms with Crippen molar-refractivity contribution in [2.24, 2.45) is 5.92 Å². The van der Waals surface area contributed by atoms with Gasteiger partial charge in [0.25, 0.3) is 0 Å². The van der Waals surface area contributed by atoms with Gasteiger partial charge in [-0.05, 0) is 24.8 Å². The maximum atomic E-state index is 11.7. The van der Waals surface area contributed by atoms with Crippen molar-refractivity contribution in [3.63, 3.8) is 0 Å². The van der Waals surface area contributed by atoms with Crippen molar-refractivity contribution in [1.82, 2.24) is 5.32 Å². The number of ether oxygens (including phenoxy) is 1. The molecular weight excluding hydrogens is 258 g/mol. The summed E-state index contributed by atoms with van der Waals surface area (Å²) in [5, 5.41) is 11.7. The number of carbonyl (C=O) groups is 2. The fourth-order valence-electron chi connectivity index (χ4n) is 2.48. The number of alkyl carbamates (subject to hydrolysis) is 1. The Labute approximate surface area is 117 Å². The smallest absolute Gasteiger partial charge is 0.407 e. The van der Waals surface area contributed by atoms with E-state index in [-0.39, 0.29) is 18.6 Å². The van der Waals surface area contributed by atoms with Crippen molar-refractivity contribution in [2.75, 3.05) is 0 Å². The molecule has 0 radical (unpaired) electrons. The van der Waals surface area contributed by atoms with Crippen LogP contribution in [-0.4, -0.2) is 23.2 Å². The normalized spacial score (nSPS) is 22.0. The van der Waals surface area contributed by atoms with Crippen LogP contribution >= 0.6 is 0 Å². The van der Waals surface area contributed by atoms with Crippen LogP contribution in [-0.2, 0) is 16.1 Å². The first kappa shape index (κ1) is 14.4. The van der Waals surface area contributed by atoms with E-state index >= 15 is 0 Å². The lowest BCUT2D eigenvalue weighted by Gasteiger charge is -2.26. The van der Waals surface area contributed by atoms with Gasteiger partial charge in [-0.25, -0.2) is 4.79 Å². The Morgan fingerprint density at radius 1 is 1.25 bits per heavy atom. The molecule has 1 amide bonds. The quantitative estimate of drug-likeness (QED) is 0.886. The van der Waals surface area contributed by atoms with Crippen LogP contribution in [0.5, 0.6) is 0 Å². The highest BCUT2D eigenvalue weighted by molar-refractivity contribution is 5.71. The third-order valence-corrected chi connectivity index (χ3v) is 3.56. The summed E-state index contributed by atoms with van der Waals surface area (Å²) < 4.78 is 5.13. The lowest BCUT2D eigenvalue weighted by molar-refractivity contribution is -0.143. The van der Waals surface area contributed by atoms with Crippen molar-refractivity contribution in [3.05, 3.63) is 35.9 Å². The lowest BCUT2D eigenvalue weighted by Crippen LogP contribution is -2.40. The number of amides is 1. The van der Waals surface area contributed by atoms with Crippen molar-refractivity contribution < 1.29 is 19.4 Å². The maximum Gasteiger partial charge on any atom is 0.407 e. The number of carboxylic acid groups (broad SMARTS) is 1. The molecule has 108 valence electrons. The van der Waals surface area contributed by atoms with Crippen LogP contribution in [0, 0.1) is 5.92 Å². The zero-order chi connectivity index (χ0) is 14.4. The minimum atomic E-state index is -0.783. The average molecular weight is 277 g/mol. The Hall–Kier alpha value is -2.04. The molecule has 0 unspecified atom stereocenters. The van der Waals surface area contributed by atoms with Crippen LogP contribution in [0.1, 0.15) is 31.2 Å². The van der Waals surface area contributed by atoms with Crippen molar-refractivity contribution in [2.45, 2.75) is 38.3 Å². The Kier molecular flexibility index (Phi) is 4.98. The molecule has 1 aromatic carbocycles. The van der Waals surface area contributed by atoms with Crippen LogP contribution in [0.4, 0.5) is 4.79 Å². The number of carbonyl (C=O) groups excluding carboxylic acids is 1. The van der Waals surface area contributed by atoms with Crippen LogP contribution in [0.15, 0.2) is 30.3 Å². The summed E-state index contributed by atoms with van der Waals surface area (Å²) in [4.78, 5) is 22.6. The molecule has 1 aliphatic rings. The topological polar surface area (TPSA) is 75.6 Å². The van der Waals surface area contributed by atoms with Crippen LogP contribution < -0.4 is 5.32 Å². The summed E-state index contributed by atoms with van der Waals surface area (Å²) in [5.74, 6) is -1.14. The molecule has 1 aromatic rings. The van der Waals surface area contributed by atoms with Gasteiger partial charge in [0.1, 0.15) is 6.61 Å². The first-order valence-electron chi connectivity index (χ1n) is 6.85. The summed E-state index contributed by atoms with van der Waals surface area (Å²) in [6, 6.07) is 9.33. The SMILES string of the molecule is O=C(N[C@@H]1CCC[C@H](C(=O)O)C1)OCc1ccccc1. The minimum Gasteiger partial charge on any atom is -0.481 e. The van der Waals surface area contributed by atoms with E-state index in [9.17, 15) is 9.59 Å². The van der Waals surface area contributed by atoms with E-state index in [0.29, 0.717) is 12.8 Å². The van der Waals surface area contributed by atoms with Crippen LogP contribution in [0.2, 0.25) is 0 Å². The summed E-state index contributed by atoms with van der Waals surface area (Å²) in [6.45, 7) is 0.224. The van der Waals surface area contributed by atoms with Gasteiger partial charge in [-0.15, -0.1) is 0 Å². The number of aliphatic carboxylic acids is 1. The van der Waals surface area contributed by atoms with Gasteiger partial charge in [-0.2, -0.15) is 0 Å². The number of benzene rings is 1. The standard InChI is InChI=1S/C15H19NO4/c17-14(18)12-7-4-8-13(9-12)16-15(19)20-10-11-5-2-1-3-6-11/h1-3,5-6,12-13H,4,7-10H2,(H,16,19)(H,17,18)/t12-,13+/m0/s1. The fourth-order valence-corrected chi connectivity index (χ4v) is 2.48. The Bertz CT molecular complexity index is 460. The van der Waals surface area contributed by atoms with Gasteiger partial charge >= 0.3 is 12.1 Å². The van der Waals surface area contributed by atoms with E-state index in [1.165, 1.54) is 0 Å². The zero-order valence-electron chi connectivity index (χ0n) is 11.2. The number of rotatable bonds is 4. The zero-order valence-corrected chi connectivity index (χ0v) is 11.2. The molecule has 0 bridgehead atoms. The molecule has 1 fully saturated rings. The van der Waals surface area contributed by atoms with E-state index in [1.807, 2.05) is 30.3 Å². The third kappa shape index (κ3) is 4.26. The van der Waals surface area contributed by atoms with Crippen molar-refractivity contribution in [3.8, 4) is 0 Å². The second-order valence-electron chi connectivity index (χ2n) is 5.10. The molecule has 0 saturated heterocycles. The summed E-state index contributed by atoms with van der Waals surface area (Å²) >= 11 is 0. The summed E-state index contributed by atoms with van der Waals surface area (Å²) in [5.41, 5.74) is 0.926. The first-order valence-corrected chi connectivity index (χ1v) is 6.85. The third-order valence-electron chi connectivity index (χ3n) is 3.56. The molecule has 0 aromatic heterocycles. The predicted octanol–water partition coefficient (Wildman–Crippen LogP) is 2.56. The summed E-state index contributed by atoms with van der Waals surface area (Å²) in [7, 11) is 0. The molecular formula is C15H19NO4. The van der Waals surface area contributed by atoms with Gasteiger partial charge < -0.3 is 15.2 Å². The highest BCUT2D eigenvalue weighted by Gasteiger charge is 2.28. The number of nitrogens with one attached hydrogen (secondary N) is 1. The molecule has 0 spiro atoms.